The van der Waals surface area contributed by atoms with Crippen LogP contribution in [0, 0.1) is 0 Å². The number of nitrogens with zero attached hydrogens (tertiary/aromatic N) is 2. The average Bonchev–Trinajstić information content (AvgIpc) is 2.39. The molecule has 0 amide bonds. The average molecular weight is 263 g/mol. The van der Waals surface area contributed by atoms with E-state index in [2.05, 4.69) is 54.2 Å². The fourth-order valence-corrected chi connectivity index (χ4v) is 2.37. The standard InChI is InChI=1S/C15H25N3O/c1-12(2)16-14-6-5-13(11-15(14)19-4)18-9-7-17(3)8-10-18/h5-6,11-12,16H,7-10H2,1-4H3. The zero-order valence-corrected chi connectivity index (χ0v) is 12.4. The van der Waals surface area contributed by atoms with Gasteiger partial charge in [-0.3, -0.25) is 0 Å². The maximum Gasteiger partial charge on any atom is 0.144 e. The lowest BCUT2D eigenvalue weighted by molar-refractivity contribution is 0.312. The molecule has 0 saturated carbocycles. The van der Waals surface area contributed by atoms with Crippen LogP contribution in [0.1, 0.15) is 13.8 Å². The summed E-state index contributed by atoms with van der Waals surface area (Å²) >= 11 is 0. The van der Waals surface area contributed by atoms with E-state index < -0.39 is 0 Å². The van der Waals surface area contributed by atoms with Crippen LogP contribution in [0.25, 0.3) is 0 Å². The van der Waals surface area contributed by atoms with Gasteiger partial charge in [-0.1, -0.05) is 0 Å². The molecule has 1 aliphatic rings. The predicted molar refractivity (Wildman–Crippen MR) is 81.5 cm³/mol. The SMILES string of the molecule is COc1cc(N2CCN(C)CC2)ccc1NC(C)C. The van der Waals surface area contributed by atoms with Crippen LogP contribution in [-0.2, 0) is 0 Å². The number of ether oxygens (including phenoxy) is 1. The summed E-state index contributed by atoms with van der Waals surface area (Å²) in [5, 5.41) is 3.41. The topological polar surface area (TPSA) is 27.7 Å². The Hall–Kier alpha value is -1.42. The fraction of sp³-hybridized carbons (Fsp3) is 0.600. The van der Waals surface area contributed by atoms with Crippen molar-refractivity contribution in [2.24, 2.45) is 0 Å². The molecule has 0 atom stereocenters. The maximum atomic E-state index is 5.50. The van der Waals surface area contributed by atoms with Crippen molar-refractivity contribution in [2.75, 3.05) is 50.6 Å². The van der Waals surface area contributed by atoms with Crippen molar-refractivity contribution in [1.29, 1.82) is 0 Å². The molecule has 1 aromatic rings. The first-order chi connectivity index (χ1) is 9.10. The summed E-state index contributed by atoms with van der Waals surface area (Å²) in [7, 11) is 3.90. The van der Waals surface area contributed by atoms with E-state index in [1.807, 2.05) is 0 Å². The summed E-state index contributed by atoms with van der Waals surface area (Å²) in [6, 6.07) is 6.84. The molecule has 0 radical (unpaired) electrons. The second-order valence-corrected chi connectivity index (χ2v) is 5.47. The monoisotopic (exact) mass is 263 g/mol. The van der Waals surface area contributed by atoms with Crippen LogP contribution in [-0.4, -0.2) is 51.3 Å². The van der Waals surface area contributed by atoms with Gasteiger partial charge in [-0.05, 0) is 33.0 Å². The Morgan fingerprint density at radius 1 is 1.16 bits per heavy atom. The lowest BCUT2D eigenvalue weighted by Crippen LogP contribution is -2.44. The summed E-state index contributed by atoms with van der Waals surface area (Å²) in [5.74, 6) is 0.921. The molecule has 19 heavy (non-hydrogen) atoms. The molecule has 1 aliphatic heterocycles. The molecule has 1 fully saturated rings. The molecular formula is C15H25N3O. The van der Waals surface area contributed by atoms with Gasteiger partial charge < -0.3 is 19.9 Å². The predicted octanol–water partition coefficient (Wildman–Crippen LogP) is 2.27. The maximum absolute atomic E-state index is 5.50. The van der Waals surface area contributed by atoms with E-state index in [-0.39, 0.29) is 0 Å². The van der Waals surface area contributed by atoms with E-state index in [1.54, 1.807) is 7.11 Å². The summed E-state index contributed by atoms with van der Waals surface area (Å²) in [6.07, 6.45) is 0. The first kappa shape index (κ1) is 14.0. The zero-order valence-electron chi connectivity index (χ0n) is 12.4. The van der Waals surface area contributed by atoms with Crippen molar-refractivity contribution in [2.45, 2.75) is 19.9 Å². The van der Waals surface area contributed by atoms with Crippen LogP contribution in [0.3, 0.4) is 0 Å². The second kappa shape index (κ2) is 6.15. The lowest BCUT2D eigenvalue weighted by Gasteiger charge is -2.34. The van der Waals surface area contributed by atoms with Gasteiger partial charge in [0.15, 0.2) is 0 Å². The normalized spacial score (nSPS) is 16.8. The number of rotatable bonds is 4. The number of anilines is 2. The Bertz CT molecular complexity index is 412. The Balaban J connectivity index is 2.14. The molecule has 4 nitrogen and oxygen atoms in total. The highest BCUT2D eigenvalue weighted by molar-refractivity contribution is 5.65. The molecule has 2 rings (SSSR count). The van der Waals surface area contributed by atoms with E-state index in [1.165, 1.54) is 5.69 Å². The Labute approximate surface area is 116 Å². The van der Waals surface area contributed by atoms with Gasteiger partial charge in [0.1, 0.15) is 5.75 Å². The Kier molecular flexibility index (Phi) is 4.53. The lowest BCUT2D eigenvalue weighted by atomic mass is 10.2. The molecule has 4 heteroatoms. The molecule has 1 saturated heterocycles. The van der Waals surface area contributed by atoms with Gasteiger partial charge in [0.05, 0.1) is 12.8 Å². The van der Waals surface area contributed by atoms with Crippen molar-refractivity contribution in [3.8, 4) is 5.75 Å². The smallest absolute Gasteiger partial charge is 0.144 e. The van der Waals surface area contributed by atoms with Crippen LogP contribution >= 0.6 is 0 Å². The number of nitrogens with one attached hydrogen (secondary N) is 1. The minimum Gasteiger partial charge on any atom is -0.495 e. The number of hydrogen-bond acceptors (Lipinski definition) is 4. The minimum absolute atomic E-state index is 0.406. The molecule has 1 aromatic carbocycles. The van der Waals surface area contributed by atoms with Crippen LogP contribution in [0.5, 0.6) is 5.75 Å². The number of benzene rings is 1. The third-order valence-corrected chi connectivity index (χ3v) is 3.50. The van der Waals surface area contributed by atoms with Crippen molar-refractivity contribution in [1.82, 2.24) is 4.90 Å². The summed E-state index contributed by atoms with van der Waals surface area (Å²) < 4.78 is 5.50. The van der Waals surface area contributed by atoms with E-state index >= 15 is 0 Å². The van der Waals surface area contributed by atoms with Gasteiger partial charge in [0.25, 0.3) is 0 Å². The third-order valence-electron chi connectivity index (χ3n) is 3.50. The second-order valence-electron chi connectivity index (χ2n) is 5.47. The molecule has 0 aliphatic carbocycles. The molecule has 106 valence electrons. The highest BCUT2D eigenvalue weighted by Crippen LogP contribution is 2.30. The van der Waals surface area contributed by atoms with Gasteiger partial charge in [0, 0.05) is 44.0 Å². The van der Waals surface area contributed by atoms with Crippen LogP contribution in [0.4, 0.5) is 11.4 Å². The Morgan fingerprint density at radius 2 is 1.84 bits per heavy atom. The minimum atomic E-state index is 0.406. The van der Waals surface area contributed by atoms with Gasteiger partial charge in [0.2, 0.25) is 0 Å². The van der Waals surface area contributed by atoms with Crippen LogP contribution < -0.4 is 15.0 Å². The van der Waals surface area contributed by atoms with Crippen molar-refractivity contribution >= 4 is 11.4 Å². The zero-order chi connectivity index (χ0) is 13.8. The van der Waals surface area contributed by atoms with Gasteiger partial charge in [-0.25, -0.2) is 0 Å². The fourth-order valence-electron chi connectivity index (χ4n) is 2.37. The summed E-state index contributed by atoms with van der Waals surface area (Å²) in [5.41, 5.74) is 2.31. The van der Waals surface area contributed by atoms with E-state index in [0.717, 1.165) is 37.6 Å². The molecule has 1 heterocycles. The highest BCUT2D eigenvalue weighted by Gasteiger charge is 2.15. The van der Waals surface area contributed by atoms with E-state index in [0.29, 0.717) is 6.04 Å². The first-order valence-electron chi connectivity index (χ1n) is 6.98. The van der Waals surface area contributed by atoms with Gasteiger partial charge >= 0.3 is 0 Å². The number of likely N-dealkylation sites (N-methyl/N-ethyl adjacent to an activating group) is 1. The van der Waals surface area contributed by atoms with Gasteiger partial charge in [-0.15, -0.1) is 0 Å². The quantitative estimate of drug-likeness (QED) is 0.902. The first-order valence-corrected chi connectivity index (χ1v) is 6.98. The molecule has 0 unspecified atom stereocenters. The van der Waals surface area contributed by atoms with Crippen LogP contribution in [0.15, 0.2) is 18.2 Å². The highest BCUT2D eigenvalue weighted by atomic mass is 16.5. The third kappa shape index (κ3) is 3.53. The number of hydrogen-bond donors (Lipinski definition) is 1. The molecule has 0 bridgehead atoms. The van der Waals surface area contributed by atoms with Crippen molar-refractivity contribution in [3.05, 3.63) is 18.2 Å². The van der Waals surface area contributed by atoms with Crippen molar-refractivity contribution in [3.63, 3.8) is 0 Å². The molecular weight excluding hydrogens is 238 g/mol. The largest absolute Gasteiger partial charge is 0.495 e. The number of piperazine rings is 1. The summed E-state index contributed by atoms with van der Waals surface area (Å²) in [6.45, 7) is 8.66. The molecule has 0 spiro atoms. The Morgan fingerprint density at radius 3 is 2.42 bits per heavy atom. The van der Waals surface area contributed by atoms with E-state index in [4.69, 9.17) is 4.74 Å². The van der Waals surface area contributed by atoms with Crippen molar-refractivity contribution < 1.29 is 4.74 Å². The summed E-state index contributed by atoms with van der Waals surface area (Å²) in [4.78, 5) is 4.78. The number of methoxy groups -OCH3 is 1. The van der Waals surface area contributed by atoms with Crippen LogP contribution in [0.2, 0.25) is 0 Å². The van der Waals surface area contributed by atoms with E-state index in [9.17, 15) is 0 Å². The van der Waals surface area contributed by atoms with Gasteiger partial charge in [-0.2, -0.15) is 0 Å². The molecule has 1 N–H and O–H groups in total. The molecule has 0 aromatic heterocycles.